The number of hydrogen-bond acceptors (Lipinski definition) is 7. The van der Waals surface area contributed by atoms with Crippen LogP contribution in [0.4, 0.5) is 10.7 Å². The first-order valence-electron chi connectivity index (χ1n) is 6.52. The first kappa shape index (κ1) is 14.6. The predicted molar refractivity (Wildman–Crippen MR) is 77.3 cm³/mol. The van der Waals surface area contributed by atoms with E-state index in [0.717, 1.165) is 30.6 Å². The fourth-order valence-corrected chi connectivity index (χ4v) is 3.02. The van der Waals surface area contributed by atoms with E-state index in [9.17, 15) is 9.59 Å². The number of hydrogen-bond donors (Lipinski definition) is 2. The van der Waals surface area contributed by atoms with Gasteiger partial charge in [-0.25, -0.2) is 9.59 Å². The molecule has 0 amide bonds. The van der Waals surface area contributed by atoms with Gasteiger partial charge in [-0.15, -0.1) is 11.3 Å². The van der Waals surface area contributed by atoms with Gasteiger partial charge >= 0.3 is 11.9 Å². The molecule has 1 aromatic rings. The molecule has 1 aromatic heterocycles. The van der Waals surface area contributed by atoms with Crippen molar-refractivity contribution in [2.24, 2.45) is 0 Å². The highest BCUT2D eigenvalue weighted by molar-refractivity contribution is 7.19. The van der Waals surface area contributed by atoms with Crippen LogP contribution in [0.5, 0.6) is 0 Å². The van der Waals surface area contributed by atoms with Crippen molar-refractivity contribution in [3.05, 3.63) is 10.4 Å². The summed E-state index contributed by atoms with van der Waals surface area (Å²) in [5, 5.41) is 3.84. The van der Waals surface area contributed by atoms with Crippen molar-refractivity contribution in [2.75, 3.05) is 24.8 Å². The Morgan fingerprint density at radius 1 is 1.40 bits per heavy atom. The number of carbonyl (C=O) groups is 2. The third kappa shape index (κ3) is 2.72. The topological polar surface area (TPSA) is 90.6 Å². The Bertz CT molecular complexity index is 523. The molecule has 1 saturated carbocycles. The molecule has 1 fully saturated rings. The maximum absolute atomic E-state index is 11.8. The summed E-state index contributed by atoms with van der Waals surface area (Å²) >= 11 is 1.14. The van der Waals surface area contributed by atoms with Crippen LogP contribution in [0, 0.1) is 0 Å². The predicted octanol–water partition coefficient (Wildman–Crippen LogP) is 2.26. The molecule has 0 radical (unpaired) electrons. The largest absolute Gasteiger partial charge is 0.465 e. The summed E-state index contributed by atoms with van der Waals surface area (Å²) in [6.07, 6.45) is 3.26. The number of carbonyl (C=O) groups excluding carboxylic acids is 2. The van der Waals surface area contributed by atoms with Crippen molar-refractivity contribution in [2.45, 2.75) is 32.2 Å². The number of nitrogens with one attached hydrogen (secondary N) is 1. The summed E-state index contributed by atoms with van der Waals surface area (Å²) in [7, 11) is 1.29. The summed E-state index contributed by atoms with van der Waals surface area (Å²) in [4.78, 5) is 23.9. The molecule has 2 rings (SSSR count). The Hall–Kier alpha value is -1.76. The van der Waals surface area contributed by atoms with Gasteiger partial charge in [0.05, 0.1) is 19.4 Å². The van der Waals surface area contributed by atoms with Crippen LogP contribution in [0.15, 0.2) is 0 Å². The van der Waals surface area contributed by atoms with Gasteiger partial charge in [0.25, 0.3) is 0 Å². The average molecular weight is 298 g/mol. The molecule has 3 N–H and O–H groups in total. The van der Waals surface area contributed by atoms with E-state index in [1.807, 2.05) is 0 Å². The van der Waals surface area contributed by atoms with Crippen molar-refractivity contribution < 1.29 is 19.1 Å². The maximum Gasteiger partial charge on any atom is 0.350 e. The van der Waals surface area contributed by atoms with Crippen LogP contribution in [0.3, 0.4) is 0 Å². The zero-order chi connectivity index (χ0) is 14.7. The van der Waals surface area contributed by atoms with Gasteiger partial charge < -0.3 is 20.5 Å². The monoisotopic (exact) mass is 298 g/mol. The zero-order valence-corrected chi connectivity index (χ0v) is 12.3. The number of rotatable bonds is 5. The number of thiophene rings is 1. The molecule has 1 aliphatic carbocycles. The molecular weight excluding hydrogens is 280 g/mol. The van der Waals surface area contributed by atoms with Crippen molar-refractivity contribution in [1.82, 2.24) is 0 Å². The second-order valence-corrected chi connectivity index (χ2v) is 5.55. The standard InChI is InChI=1S/C13H18N2O4S/c1-3-19-13(17)10-9(14)8(12(16)18-2)11(20-10)15-7-5-4-6-7/h7,15H,3-6,14H2,1-2H3. The van der Waals surface area contributed by atoms with E-state index in [1.165, 1.54) is 7.11 Å². The van der Waals surface area contributed by atoms with Gasteiger partial charge in [-0.1, -0.05) is 0 Å². The highest BCUT2D eigenvalue weighted by Gasteiger charge is 2.29. The highest BCUT2D eigenvalue weighted by atomic mass is 32.1. The van der Waals surface area contributed by atoms with Gasteiger partial charge in [-0.2, -0.15) is 0 Å². The molecule has 20 heavy (non-hydrogen) atoms. The normalized spacial score (nSPS) is 14.5. The van der Waals surface area contributed by atoms with Crippen LogP contribution in [0.25, 0.3) is 0 Å². The first-order chi connectivity index (χ1) is 9.58. The lowest BCUT2D eigenvalue weighted by Crippen LogP contribution is -2.27. The summed E-state index contributed by atoms with van der Waals surface area (Å²) in [6.45, 7) is 1.98. The van der Waals surface area contributed by atoms with Crippen LogP contribution < -0.4 is 11.1 Å². The van der Waals surface area contributed by atoms with Gasteiger partial charge in [-0.3, -0.25) is 0 Å². The molecule has 0 saturated heterocycles. The minimum Gasteiger partial charge on any atom is -0.465 e. The number of nitrogen functional groups attached to an aromatic ring is 1. The smallest absolute Gasteiger partial charge is 0.350 e. The highest BCUT2D eigenvalue weighted by Crippen LogP contribution is 2.38. The quantitative estimate of drug-likeness (QED) is 0.810. The lowest BCUT2D eigenvalue weighted by atomic mass is 9.93. The Labute approximate surface area is 121 Å². The van der Waals surface area contributed by atoms with Crippen LogP contribution >= 0.6 is 11.3 Å². The third-order valence-electron chi connectivity index (χ3n) is 3.24. The summed E-state index contributed by atoms with van der Waals surface area (Å²) in [5.74, 6) is -1.06. The first-order valence-corrected chi connectivity index (χ1v) is 7.34. The molecule has 1 aliphatic rings. The molecule has 110 valence electrons. The van der Waals surface area contributed by atoms with Crippen LogP contribution in [-0.4, -0.2) is 31.7 Å². The van der Waals surface area contributed by atoms with Gasteiger partial charge in [-0.05, 0) is 26.2 Å². The fraction of sp³-hybridized carbons (Fsp3) is 0.538. The van der Waals surface area contributed by atoms with Gasteiger partial charge in [0.2, 0.25) is 0 Å². The number of methoxy groups -OCH3 is 1. The van der Waals surface area contributed by atoms with Gasteiger partial charge in [0.1, 0.15) is 15.4 Å². The minimum absolute atomic E-state index is 0.127. The van der Waals surface area contributed by atoms with Crippen LogP contribution in [0.2, 0.25) is 0 Å². The van der Waals surface area contributed by atoms with E-state index in [0.29, 0.717) is 11.0 Å². The Morgan fingerprint density at radius 2 is 2.10 bits per heavy atom. The van der Waals surface area contributed by atoms with Crippen molar-refractivity contribution in [1.29, 1.82) is 0 Å². The van der Waals surface area contributed by atoms with Crippen LogP contribution in [-0.2, 0) is 9.47 Å². The van der Waals surface area contributed by atoms with E-state index in [-0.39, 0.29) is 22.7 Å². The van der Waals surface area contributed by atoms with Crippen molar-refractivity contribution in [3.63, 3.8) is 0 Å². The van der Waals surface area contributed by atoms with Crippen LogP contribution in [0.1, 0.15) is 46.2 Å². The van der Waals surface area contributed by atoms with E-state index in [1.54, 1.807) is 6.92 Å². The van der Waals surface area contributed by atoms with E-state index < -0.39 is 11.9 Å². The van der Waals surface area contributed by atoms with Gasteiger partial charge in [0.15, 0.2) is 0 Å². The second-order valence-electron chi connectivity index (χ2n) is 4.53. The zero-order valence-electron chi connectivity index (χ0n) is 11.5. The number of esters is 2. The Kier molecular flexibility index (Phi) is 4.49. The van der Waals surface area contributed by atoms with E-state index in [2.05, 4.69) is 5.32 Å². The molecule has 0 atom stereocenters. The minimum atomic E-state index is -0.545. The lowest BCUT2D eigenvalue weighted by molar-refractivity contribution is 0.0533. The SMILES string of the molecule is CCOC(=O)c1sc(NC2CCC2)c(C(=O)OC)c1N. The van der Waals surface area contributed by atoms with Crippen molar-refractivity contribution >= 4 is 34.0 Å². The Morgan fingerprint density at radius 3 is 2.60 bits per heavy atom. The molecule has 0 unspecified atom stereocenters. The molecule has 0 bridgehead atoms. The summed E-state index contributed by atoms with van der Waals surface area (Å²) < 4.78 is 9.69. The third-order valence-corrected chi connectivity index (χ3v) is 4.35. The number of nitrogens with two attached hydrogens (primary N) is 1. The summed E-state index contributed by atoms with van der Waals surface area (Å²) in [6, 6.07) is 0.325. The second kappa shape index (κ2) is 6.13. The summed E-state index contributed by atoms with van der Waals surface area (Å²) in [5.41, 5.74) is 6.27. The molecule has 0 spiro atoms. The lowest BCUT2D eigenvalue weighted by Gasteiger charge is -2.27. The molecule has 0 aromatic carbocycles. The number of anilines is 2. The van der Waals surface area contributed by atoms with Crippen molar-refractivity contribution in [3.8, 4) is 0 Å². The number of ether oxygens (including phenoxy) is 2. The fourth-order valence-electron chi connectivity index (χ4n) is 1.94. The molecule has 6 nitrogen and oxygen atoms in total. The molecular formula is C13H18N2O4S. The van der Waals surface area contributed by atoms with Gasteiger partial charge in [0, 0.05) is 6.04 Å². The average Bonchev–Trinajstić information content (AvgIpc) is 2.70. The Balaban J connectivity index is 2.34. The van der Waals surface area contributed by atoms with E-state index in [4.69, 9.17) is 15.2 Å². The molecule has 1 heterocycles. The maximum atomic E-state index is 11.8. The molecule has 7 heteroatoms. The molecule has 0 aliphatic heterocycles. The van der Waals surface area contributed by atoms with E-state index >= 15 is 0 Å².